The molecule has 28 heavy (non-hydrogen) atoms. The Kier molecular flexibility index (Phi) is 4.37. The summed E-state index contributed by atoms with van der Waals surface area (Å²) in [6, 6.07) is 20.8. The number of rotatable bonds is 2. The minimum atomic E-state index is 0.525. The molecule has 0 saturated carbocycles. The van der Waals surface area contributed by atoms with Gasteiger partial charge in [-0.25, -0.2) is 0 Å². The summed E-state index contributed by atoms with van der Waals surface area (Å²) in [7, 11) is 0. The van der Waals surface area contributed by atoms with Crippen molar-refractivity contribution in [2.75, 3.05) is 18.4 Å². The molecular weight excluding hydrogens is 364 g/mol. The molecule has 0 unspecified atom stereocenters. The number of nitrogens with zero attached hydrogens (tertiary/aromatic N) is 3. The summed E-state index contributed by atoms with van der Waals surface area (Å²) in [5.74, 6) is 0.525. The van der Waals surface area contributed by atoms with Crippen LogP contribution in [0.5, 0.6) is 0 Å². The van der Waals surface area contributed by atoms with E-state index in [0.29, 0.717) is 5.92 Å². The van der Waals surface area contributed by atoms with E-state index >= 15 is 0 Å². The van der Waals surface area contributed by atoms with Crippen LogP contribution in [0.2, 0.25) is 0 Å². The molecule has 1 atom stereocenters. The average Bonchev–Trinajstić information content (AvgIpc) is 3.25. The van der Waals surface area contributed by atoms with E-state index in [1.165, 1.54) is 5.56 Å². The monoisotopic (exact) mass is 384 g/mol. The van der Waals surface area contributed by atoms with Crippen LogP contribution >= 0.6 is 12.2 Å². The van der Waals surface area contributed by atoms with Gasteiger partial charge < -0.3 is 10.2 Å². The van der Waals surface area contributed by atoms with Gasteiger partial charge in [-0.3, -0.25) is 9.97 Å². The van der Waals surface area contributed by atoms with Crippen molar-refractivity contribution >= 4 is 44.8 Å². The molecule has 1 aliphatic rings. The molecule has 2 aromatic heterocycles. The van der Waals surface area contributed by atoms with E-state index in [4.69, 9.17) is 12.2 Å². The highest BCUT2D eigenvalue weighted by atomic mass is 32.1. The summed E-state index contributed by atoms with van der Waals surface area (Å²) in [5.41, 5.74) is 4.18. The first-order valence-electron chi connectivity index (χ1n) is 9.53. The van der Waals surface area contributed by atoms with Gasteiger partial charge in [0, 0.05) is 42.2 Å². The van der Waals surface area contributed by atoms with Gasteiger partial charge in [-0.1, -0.05) is 36.4 Å². The highest BCUT2D eigenvalue weighted by molar-refractivity contribution is 7.80. The molecule has 4 nitrogen and oxygen atoms in total. The number of thiocarbonyl (C=S) groups is 1. The lowest BCUT2D eigenvalue weighted by atomic mass is 9.99. The predicted octanol–water partition coefficient (Wildman–Crippen LogP) is 4.97. The molecular formula is C23H20N4S. The van der Waals surface area contributed by atoms with Gasteiger partial charge in [0.2, 0.25) is 0 Å². The Morgan fingerprint density at radius 2 is 1.75 bits per heavy atom. The second-order valence-electron chi connectivity index (χ2n) is 7.17. The average molecular weight is 385 g/mol. The summed E-state index contributed by atoms with van der Waals surface area (Å²) < 4.78 is 0. The fraction of sp³-hybridized carbons (Fsp3) is 0.174. The van der Waals surface area contributed by atoms with Gasteiger partial charge in [-0.05, 0) is 48.5 Å². The molecule has 0 bridgehead atoms. The van der Waals surface area contributed by atoms with Crippen molar-refractivity contribution in [3.8, 4) is 0 Å². The van der Waals surface area contributed by atoms with Crippen molar-refractivity contribution in [2.45, 2.75) is 12.3 Å². The number of benzene rings is 2. The van der Waals surface area contributed by atoms with E-state index in [1.54, 1.807) is 0 Å². The van der Waals surface area contributed by atoms with Crippen molar-refractivity contribution in [1.29, 1.82) is 0 Å². The molecule has 0 spiro atoms. The molecule has 4 aromatic rings. The van der Waals surface area contributed by atoms with E-state index in [1.807, 2.05) is 24.5 Å². The molecule has 1 N–H and O–H groups in total. The topological polar surface area (TPSA) is 41.1 Å². The number of nitrogens with one attached hydrogen (secondary N) is 1. The number of likely N-dealkylation sites (tertiary alicyclic amines) is 1. The van der Waals surface area contributed by atoms with E-state index in [0.717, 1.165) is 52.1 Å². The maximum absolute atomic E-state index is 5.76. The van der Waals surface area contributed by atoms with Crippen molar-refractivity contribution in [2.24, 2.45) is 0 Å². The molecule has 0 radical (unpaired) electrons. The molecule has 0 amide bonds. The second kappa shape index (κ2) is 7.17. The van der Waals surface area contributed by atoms with Crippen LogP contribution in [0.25, 0.3) is 21.8 Å². The van der Waals surface area contributed by atoms with Crippen LogP contribution in [0, 0.1) is 0 Å². The third kappa shape index (κ3) is 3.08. The van der Waals surface area contributed by atoms with Gasteiger partial charge >= 0.3 is 0 Å². The van der Waals surface area contributed by atoms with E-state index in [2.05, 4.69) is 68.7 Å². The Morgan fingerprint density at radius 1 is 0.964 bits per heavy atom. The van der Waals surface area contributed by atoms with E-state index in [-0.39, 0.29) is 0 Å². The number of hydrogen-bond acceptors (Lipinski definition) is 3. The van der Waals surface area contributed by atoms with Crippen LogP contribution < -0.4 is 5.32 Å². The lowest BCUT2D eigenvalue weighted by Crippen LogP contribution is -2.32. The van der Waals surface area contributed by atoms with Crippen LogP contribution in [-0.4, -0.2) is 33.1 Å². The second-order valence-corrected chi connectivity index (χ2v) is 7.56. The highest BCUT2D eigenvalue weighted by Gasteiger charge is 2.25. The van der Waals surface area contributed by atoms with E-state index < -0.39 is 0 Å². The fourth-order valence-electron chi connectivity index (χ4n) is 4.03. The summed E-state index contributed by atoms with van der Waals surface area (Å²) in [6.07, 6.45) is 4.75. The maximum Gasteiger partial charge on any atom is 0.173 e. The zero-order valence-electron chi connectivity index (χ0n) is 15.4. The number of aromatic nitrogens is 2. The van der Waals surface area contributed by atoms with Gasteiger partial charge in [-0.2, -0.15) is 0 Å². The number of anilines is 1. The molecule has 138 valence electrons. The standard InChI is InChI=1S/C23H20N4S/c28-23(27-13-10-18(15-27)16-6-2-1-3-7-16)26-20-14-17-8-4-11-24-21(17)19-9-5-12-25-22(19)20/h1-9,11-12,14,18H,10,13,15H2,(H,26,28)/t18-/m1/s1. The minimum absolute atomic E-state index is 0.525. The number of hydrogen-bond donors (Lipinski definition) is 1. The van der Waals surface area contributed by atoms with Crippen LogP contribution in [0.15, 0.2) is 73.1 Å². The Bertz CT molecular complexity index is 1160. The van der Waals surface area contributed by atoms with Crippen molar-refractivity contribution in [3.05, 3.63) is 78.6 Å². The Morgan fingerprint density at radius 3 is 2.61 bits per heavy atom. The smallest absolute Gasteiger partial charge is 0.173 e. The van der Waals surface area contributed by atoms with Gasteiger partial charge in [0.1, 0.15) is 0 Å². The predicted molar refractivity (Wildman–Crippen MR) is 119 cm³/mol. The maximum atomic E-state index is 5.76. The first-order chi connectivity index (χ1) is 13.8. The fourth-order valence-corrected chi connectivity index (χ4v) is 4.30. The molecule has 5 heteroatoms. The zero-order chi connectivity index (χ0) is 18.9. The highest BCUT2D eigenvalue weighted by Crippen LogP contribution is 2.31. The first kappa shape index (κ1) is 17.1. The van der Waals surface area contributed by atoms with Crippen LogP contribution in [0.3, 0.4) is 0 Å². The zero-order valence-corrected chi connectivity index (χ0v) is 16.2. The Labute approximate surface area is 169 Å². The molecule has 5 rings (SSSR count). The normalized spacial score (nSPS) is 16.6. The third-order valence-electron chi connectivity index (χ3n) is 5.44. The van der Waals surface area contributed by atoms with E-state index in [9.17, 15) is 0 Å². The first-order valence-corrected chi connectivity index (χ1v) is 9.94. The molecule has 2 aromatic carbocycles. The van der Waals surface area contributed by atoms with Crippen molar-refractivity contribution in [3.63, 3.8) is 0 Å². The molecule has 3 heterocycles. The summed E-state index contributed by atoms with van der Waals surface area (Å²) in [4.78, 5) is 11.4. The Hall–Kier alpha value is -3.05. The molecule has 1 fully saturated rings. The third-order valence-corrected chi connectivity index (χ3v) is 5.81. The lowest BCUT2D eigenvalue weighted by molar-refractivity contribution is 0.519. The summed E-state index contributed by atoms with van der Waals surface area (Å²) >= 11 is 5.76. The van der Waals surface area contributed by atoms with Crippen molar-refractivity contribution < 1.29 is 0 Å². The number of pyridine rings is 2. The minimum Gasteiger partial charge on any atom is -0.348 e. The lowest BCUT2D eigenvalue weighted by Gasteiger charge is -2.21. The SMILES string of the molecule is S=C(Nc1cc2cccnc2c2cccnc12)N1CC[C@@H](c2ccccc2)C1. The van der Waals surface area contributed by atoms with Crippen LogP contribution in [-0.2, 0) is 0 Å². The summed E-state index contributed by atoms with van der Waals surface area (Å²) in [5, 5.41) is 6.33. The van der Waals surface area contributed by atoms with Gasteiger partial charge in [-0.15, -0.1) is 0 Å². The largest absolute Gasteiger partial charge is 0.348 e. The van der Waals surface area contributed by atoms with Crippen LogP contribution in [0.4, 0.5) is 5.69 Å². The molecule has 1 saturated heterocycles. The van der Waals surface area contributed by atoms with Gasteiger partial charge in [0.05, 0.1) is 16.7 Å². The summed E-state index contributed by atoms with van der Waals surface area (Å²) in [6.45, 7) is 1.90. The number of fused-ring (bicyclic) bond motifs is 3. The molecule has 1 aliphatic heterocycles. The van der Waals surface area contributed by atoms with Crippen molar-refractivity contribution in [1.82, 2.24) is 14.9 Å². The quantitative estimate of drug-likeness (QED) is 0.390. The Balaban J connectivity index is 1.43. The van der Waals surface area contributed by atoms with Gasteiger partial charge in [0.25, 0.3) is 0 Å². The molecule has 0 aliphatic carbocycles. The van der Waals surface area contributed by atoms with Gasteiger partial charge in [0.15, 0.2) is 5.11 Å². The van der Waals surface area contributed by atoms with Crippen LogP contribution in [0.1, 0.15) is 17.9 Å².